The fourth-order valence-corrected chi connectivity index (χ4v) is 8.48. The third kappa shape index (κ3) is 2.57. The minimum absolute atomic E-state index is 0.0188. The van der Waals surface area contributed by atoms with E-state index in [4.69, 9.17) is 4.42 Å². The molecule has 3 nitrogen and oxygen atoms in total. The van der Waals surface area contributed by atoms with Crippen LogP contribution in [0.2, 0.25) is 0 Å². The smallest absolute Gasteiger partial charge is 0.329 e. The first-order valence-corrected chi connectivity index (χ1v) is 15.0. The van der Waals surface area contributed by atoms with E-state index in [0.29, 0.717) is 0 Å². The van der Waals surface area contributed by atoms with Crippen molar-refractivity contribution in [3.8, 4) is 22.3 Å². The van der Waals surface area contributed by atoms with E-state index in [1.807, 2.05) is 0 Å². The molecule has 7 aromatic rings. The van der Waals surface area contributed by atoms with Crippen molar-refractivity contribution in [3.05, 3.63) is 133 Å². The zero-order valence-corrected chi connectivity index (χ0v) is 23.2. The van der Waals surface area contributed by atoms with Gasteiger partial charge in [-0.05, 0) is 63.3 Å². The summed E-state index contributed by atoms with van der Waals surface area (Å²) < 4.78 is 6.94. The Morgan fingerprint density at radius 1 is 0.488 bits per heavy atom. The first-order valence-electron chi connectivity index (χ1n) is 15.0. The first kappa shape index (κ1) is 22.2. The second-order valence-electron chi connectivity index (χ2n) is 12.0. The second kappa shape index (κ2) is 7.70. The quantitative estimate of drug-likeness (QED) is 0.238. The Morgan fingerprint density at radius 2 is 1.14 bits per heavy atom. The van der Waals surface area contributed by atoms with E-state index < -0.39 is 0 Å². The van der Waals surface area contributed by atoms with Gasteiger partial charge in [0.2, 0.25) is 0 Å². The first-order chi connectivity index (χ1) is 21.4. The lowest BCUT2D eigenvalue weighted by Crippen LogP contribution is -2.69. The van der Waals surface area contributed by atoms with Crippen LogP contribution in [0.25, 0.3) is 33.2 Å². The van der Waals surface area contributed by atoms with E-state index in [2.05, 4.69) is 143 Å². The number of rotatable bonds is 1. The minimum atomic E-state index is -0.0188. The molecule has 4 aliphatic heterocycles. The number of hydrogen-bond acceptors (Lipinski definition) is 3. The topological polar surface area (TPSA) is 19.6 Å². The largest absolute Gasteiger partial charge is 0.468 e. The van der Waals surface area contributed by atoms with Crippen molar-refractivity contribution < 1.29 is 4.42 Å². The Morgan fingerprint density at radius 3 is 1.95 bits per heavy atom. The highest BCUT2D eigenvalue weighted by atomic mass is 16.3. The van der Waals surface area contributed by atoms with E-state index in [9.17, 15) is 0 Å². The van der Waals surface area contributed by atoms with Crippen molar-refractivity contribution in [2.45, 2.75) is 0 Å². The molecule has 0 aliphatic carbocycles. The van der Waals surface area contributed by atoms with Gasteiger partial charge in [-0.25, -0.2) is 0 Å². The molecule has 6 aromatic carbocycles. The third-order valence-electron chi connectivity index (χ3n) is 10.0. The molecule has 43 heavy (non-hydrogen) atoms. The number of anilines is 5. The van der Waals surface area contributed by atoms with Crippen LogP contribution in [0, 0.1) is 0 Å². The maximum absolute atomic E-state index is 6.94. The SMILES string of the molecule is c1ccc(N2c3ccc4c5c3B(c3cccc6c3N5B(c3ccccc3-6)c3ccccc3-4)c3oc4ccccc4c32)cc1. The highest BCUT2D eigenvalue weighted by Crippen LogP contribution is 2.51. The maximum atomic E-state index is 6.94. The number of hydrogen-bond donors (Lipinski definition) is 0. The molecule has 1 aromatic heterocycles. The predicted molar refractivity (Wildman–Crippen MR) is 180 cm³/mol. The van der Waals surface area contributed by atoms with Gasteiger partial charge in [-0.2, -0.15) is 0 Å². The van der Waals surface area contributed by atoms with Crippen LogP contribution in [0.3, 0.4) is 0 Å². The van der Waals surface area contributed by atoms with Gasteiger partial charge in [0.05, 0.1) is 11.3 Å². The maximum Gasteiger partial charge on any atom is 0.329 e. The normalized spacial score (nSPS) is 14.3. The lowest BCUT2D eigenvalue weighted by atomic mass is 9.32. The molecule has 0 fully saturated rings. The van der Waals surface area contributed by atoms with Gasteiger partial charge in [0.25, 0.3) is 6.71 Å². The van der Waals surface area contributed by atoms with Gasteiger partial charge in [0.15, 0.2) is 0 Å². The average molecular weight is 544 g/mol. The van der Waals surface area contributed by atoms with Crippen LogP contribution in [-0.4, -0.2) is 13.6 Å². The Bertz CT molecular complexity index is 2340. The molecule has 5 heteroatoms. The molecular formula is C38H22B2N2O. The summed E-state index contributed by atoms with van der Waals surface area (Å²) in [5, 5.41) is 1.14. The fraction of sp³-hybridized carbons (Fsp3) is 0. The van der Waals surface area contributed by atoms with Crippen LogP contribution in [0.1, 0.15) is 0 Å². The van der Waals surface area contributed by atoms with E-state index in [0.717, 1.165) is 28.0 Å². The molecule has 0 saturated carbocycles. The predicted octanol–water partition coefficient (Wildman–Crippen LogP) is 5.95. The third-order valence-corrected chi connectivity index (χ3v) is 10.0. The van der Waals surface area contributed by atoms with Crippen LogP contribution in [0.15, 0.2) is 138 Å². The average Bonchev–Trinajstić information content (AvgIpc) is 3.46. The van der Waals surface area contributed by atoms with Crippen LogP contribution in [0.4, 0.5) is 28.4 Å². The number of benzene rings is 6. The van der Waals surface area contributed by atoms with Crippen molar-refractivity contribution >= 4 is 80.5 Å². The van der Waals surface area contributed by atoms with Crippen LogP contribution >= 0.6 is 0 Å². The summed E-state index contributed by atoms with van der Waals surface area (Å²) in [5.74, 6) is 0. The summed E-state index contributed by atoms with van der Waals surface area (Å²) in [5.41, 5.74) is 18.7. The molecular weight excluding hydrogens is 522 g/mol. The van der Waals surface area contributed by atoms with Gasteiger partial charge in [-0.3, -0.25) is 0 Å². The molecule has 0 unspecified atom stereocenters. The molecule has 0 N–H and O–H groups in total. The highest BCUT2D eigenvalue weighted by Gasteiger charge is 2.53. The number of fused-ring (bicyclic) bond motifs is 11. The van der Waals surface area contributed by atoms with E-state index in [1.54, 1.807) is 0 Å². The van der Waals surface area contributed by atoms with Crippen LogP contribution < -0.4 is 37.2 Å². The summed E-state index contributed by atoms with van der Waals surface area (Å²) >= 11 is 0. The zero-order chi connectivity index (χ0) is 27.8. The van der Waals surface area contributed by atoms with Crippen LogP contribution in [0.5, 0.6) is 0 Å². The Hall–Kier alpha value is -5.41. The number of furan rings is 1. The van der Waals surface area contributed by atoms with Gasteiger partial charge in [0.1, 0.15) is 5.58 Å². The molecule has 0 bridgehead atoms. The summed E-state index contributed by atoms with van der Waals surface area (Å²) in [6.07, 6.45) is 0. The summed E-state index contributed by atoms with van der Waals surface area (Å²) in [4.78, 5) is 5.10. The Kier molecular flexibility index (Phi) is 3.98. The molecule has 4 aliphatic rings. The van der Waals surface area contributed by atoms with E-state index in [-0.39, 0.29) is 13.6 Å². The molecule has 5 heterocycles. The van der Waals surface area contributed by atoms with Crippen molar-refractivity contribution in [3.63, 3.8) is 0 Å². The van der Waals surface area contributed by atoms with Crippen LogP contribution in [-0.2, 0) is 0 Å². The lowest BCUT2D eigenvalue weighted by Gasteiger charge is -2.50. The Balaban J connectivity index is 1.35. The fourth-order valence-electron chi connectivity index (χ4n) is 8.48. The standard InChI is InChI=1S/C38H22B2N2O/c1-2-11-23(12-3-1)41-32-22-21-27-25-14-5-8-18-30(25)40-29-17-7-4-13-24(29)26-16-10-19-31-35(26)42(40)36(27)34(32)39(31)38-37(41)28-15-6-9-20-33(28)43-38/h1-22H. The molecule has 196 valence electrons. The molecule has 0 amide bonds. The van der Waals surface area contributed by atoms with Gasteiger partial charge < -0.3 is 14.1 Å². The van der Waals surface area contributed by atoms with Crippen molar-refractivity contribution in [1.82, 2.24) is 0 Å². The molecule has 11 rings (SSSR count). The highest BCUT2D eigenvalue weighted by molar-refractivity contribution is 7.03. The van der Waals surface area contributed by atoms with E-state index >= 15 is 0 Å². The zero-order valence-electron chi connectivity index (χ0n) is 23.2. The summed E-state index contributed by atoms with van der Waals surface area (Å²) in [6.45, 7) is 0.0814. The van der Waals surface area contributed by atoms with Gasteiger partial charge in [-0.15, -0.1) is 0 Å². The molecule has 0 atom stereocenters. The van der Waals surface area contributed by atoms with E-state index in [1.165, 1.54) is 61.2 Å². The monoisotopic (exact) mass is 544 g/mol. The minimum Gasteiger partial charge on any atom is -0.468 e. The van der Waals surface area contributed by atoms with Crippen molar-refractivity contribution in [1.29, 1.82) is 0 Å². The number of para-hydroxylation sites is 3. The summed E-state index contributed by atoms with van der Waals surface area (Å²) in [7, 11) is 0. The molecule has 0 radical (unpaired) electrons. The summed E-state index contributed by atoms with van der Waals surface area (Å²) in [6, 6.07) is 48.9. The van der Waals surface area contributed by atoms with Crippen molar-refractivity contribution in [2.75, 3.05) is 9.71 Å². The van der Waals surface area contributed by atoms with Crippen molar-refractivity contribution in [2.24, 2.45) is 0 Å². The lowest BCUT2D eigenvalue weighted by molar-refractivity contribution is 0.651. The Labute approximate surface area is 249 Å². The molecule has 0 spiro atoms. The second-order valence-corrected chi connectivity index (χ2v) is 12.0. The van der Waals surface area contributed by atoms with Gasteiger partial charge in [0, 0.05) is 39.3 Å². The van der Waals surface area contributed by atoms with Gasteiger partial charge >= 0.3 is 6.85 Å². The van der Waals surface area contributed by atoms with Gasteiger partial charge in [-0.1, -0.05) is 103 Å². The number of nitrogens with zero attached hydrogens (tertiary/aromatic N) is 2. The molecule has 0 saturated heterocycles.